The number of rotatable bonds is 6. The van der Waals surface area contributed by atoms with Gasteiger partial charge in [-0.25, -0.2) is 9.97 Å². The molecule has 4 nitrogen and oxygen atoms in total. The molecule has 0 unspecified atom stereocenters. The Balaban J connectivity index is 1.83. The lowest BCUT2D eigenvalue weighted by atomic mass is 10.0. The molecule has 0 fully saturated rings. The Bertz CT molecular complexity index is 1170. The molecule has 1 amide bonds. The molecule has 2 aromatic carbocycles. The van der Waals surface area contributed by atoms with Gasteiger partial charge in [-0.1, -0.05) is 41.6 Å². The lowest BCUT2D eigenvalue weighted by Crippen LogP contribution is -2.27. The smallest absolute Gasteiger partial charge is 0.352 e. The Morgan fingerprint density at radius 1 is 1.03 bits per heavy atom. The lowest BCUT2D eigenvalue weighted by molar-refractivity contribution is -0.143. The first kappa shape index (κ1) is 25.8. The molecule has 0 saturated heterocycles. The molecule has 0 aliphatic carbocycles. The summed E-state index contributed by atoms with van der Waals surface area (Å²) in [6, 6.07) is 8.00. The number of aromatic nitrogens is 2. The van der Waals surface area contributed by atoms with Crippen molar-refractivity contribution in [2.24, 2.45) is 0 Å². The zero-order valence-corrected chi connectivity index (χ0v) is 19.0. The molecule has 0 saturated carbocycles. The van der Waals surface area contributed by atoms with Gasteiger partial charge < -0.3 is 5.32 Å². The number of carbonyl (C=O) groups is 1. The van der Waals surface area contributed by atoms with E-state index in [1.807, 2.05) is 0 Å². The fourth-order valence-corrected chi connectivity index (χ4v) is 3.63. The van der Waals surface area contributed by atoms with E-state index in [1.165, 1.54) is 18.0 Å². The maximum Gasteiger partial charge on any atom is 0.416 e. The van der Waals surface area contributed by atoms with Crippen LogP contribution in [-0.2, 0) is 18.8 Å². The van der Waals surface area contributed by atoms with E-state index in [9.17, 15) is 31.1 Å². The topological polar surface area (TPSA) is 54.9 Å². The number of nitrogens with one attached hydrogen (secondary N) is 1. The van der Waals surface area contributed by atoms with E-state index in [2.05, 4.69) is 15.3 Å². The number of carbonyl (C=O) groups excluding carboxylic acids is 1. The highest BCUT2D eigenvalue weighted by atomic mass is 35.5. The van der Waals surface area contributed by atoms with Gasteiger partial charge >= 0.3 is 12.4 Å². The quantitative estimate of drug-likeness (QED) is 0.228. The normalized spacial score (nSPS) is 12.0. The Hall–Kier alpha value is -2.79. The number of thioether (sulfide) groups is 1. The van der Waals surface area contributed by atoms with Crippen LogP contribution in [0.25, 0.3) is 11.3 Å². The molecule has 0 atom stereocenters. The Morgan fingerprint density at radius 2 is 1.65 bits per heavy atom. The standard InChI is InChI=1S/C22H16ClF6N3OS/c1-34-20-31-11-16(18(32-20)15-4-2-3-5-17(15)23)19(33)30-7-6-12-8-13(21(24,25)26)10-14(9-12)22(27,28)29/h2-5,8-11H,6-7H2,1H3,(H,30,33). The summed E-state index contributed by atoms with van der Waals surface area (Å²) in [5.41, 5.74) is -2.26. The van der Waals surface area contributed by atoms with Gasteiger partial charge in [0.2, 0.25) is 0 Å². The predicted octanol–water partition coefficient (Wildman–Crippen LogP) is 6.53. The average molecular weight is 520 g/mol. The van der Waals surface area contributed by atoms with Crippen molar-refractivity contribution in [2.45, 2.75) is 23.9 Å². The Kier molecular flexibility index (Phi) is 7.77. The van der Waals surface area contributed by atoms with E-state index in [-0.39, 0.29) is 35.9 Å². The Morgan fingerprint density at radius 3 is 2.21 bits per heavy atom. The first-order chi connectivity index (χ1) is 15.9. The molecule has 180 valence electrons. The summed E-state index contributed by atoms with van der Waals surface area (Å²) in [5, 5.41) is 3.22. The molecule has 1 aromatic heterocycles. The first-order valence-corrected chi connectivity index (χ1v) is 11.2. The number of benzene rings is 2. The predicted molar refractivity (Wildman–Crippen MR) is 117 cm³/mol. The Labute approximate surface area is 199 Å². The molecule has 0 aliphatic rings. The summed E-state index contributed by atoms with van der Waals surface area (Å²) in [6.45, 7) is -0.219. The summed E-state index contributed by atoms with van der Waals surface area (Å²) < 4.78 is 78.3. The zero-order valence-electron chi connectivity index (χ0n) is 17.4. The highest BCUT2D eigenvalue weighted by Gasteiger charge is 2.36. The van der Waals surface area contributed by atoms with Gasteiger partial charge in [0.15, 0.2) is 5.16 Å². The third kappa shape index (κ3) is 6.20. The van der Waals surface area contributed by atoms with Gasteiger partial charge in [-0.05, 0) is 42.5 Å². The SMILES string of the molecule is CSc1ncc(C(=O)NCCc2cc(C(F)(F)F)cc(C(F)(F)F)c2)c(-c2ccccc2Cl)n1. The highest BCUT2D eigenvalue weighted by molar-refractivity contribution is 7.98. The second-order valence-corrected chi connectivity index (χ2v) is 8.20. The fraction of sp³-hybridized carbons (Fsp3) is 0.227. The van der Waals surface area contributed by atoms with Crippen LogP contribution in [0.15, 0.2) is 53.8 Å². The van der Waals surface area contributed by atoms with Crippen LogP contribution < -0.4 is 5.32 Å². The zero-order chi connectivity index (χ0) is 25.1. The summed E-state index contributed by atoms with van der Waals surface area (Å²) >= 11 is 7.48. The van der Waals surface area contributed by atoms with Gasteiger partial charge in [0.05, 0.1) is 22.4 Å². The van der Waals surface area contributed by atoms with E-state index in [0.29, 0.717) is 27.9 Å². The van der Waals surface area contributed by atoms with Gasteiger partial charge in [-0.2, -0.15) is 26.3 Å². The highest BCUT2D eigenvalue weighted by Crippen LogP contribution is 2.36. The largest absolute Gasteiger partial charge is 0.416 e. The van der Waals surface area contributed by atoms with Gasteiger partial charge in [-0.15, -0.1) is 0 Å². The van der Waals surface area contributed by atoms with E-state index >= 15 is 0 Å². The molecule has 0 spiro atoms. The third-order valence-electron chi connectivity index (χ3n) is 4.67. The first-order valence-electron chi connectivity index (χ1n) is 9.62. The molecule has 34 heavy (non-hydrogen) atoms. The van der Waals surface area contributed by atoms with Crippen molar-refractivity contribution in [1.29, 1.82) is 0 Å². The molecule has 0 aliphatic heterocycles. The van der Waals surface area contributed by atoms with Crippen molar-refractivity contribution in [3.8, 4) is 11.3 Å². The van der Waals surface area contributed by atoms with Crippen LogP contribution in [0.4, 0.5) is 26.3 Å². The minimum atomic E-state index is -4.94. The minimum Gasteiger partial charge on any atom is -0.352 e. The summed E-state index contributed by atoms with van der Waals surface area (Å²) in [7, 11) is 0. The van der Waals surface area contributed by atoms with Gasteiger partial charge in [-0.3, -0.25) is 4.79 Å². The third-order valence-corrected chi connectivity index (χ3v) is 5.56. The van der Waals surface area contributed by atoms with E-state index < -0.39 is 29.4 Å². The number of hydrogen-bond acceptors (Lipinski definition) is 4. The number of hydrogen-bond donors (Lipinski definition) is 1. The summed E-state index contributed by atoms with van der Waals surface area (Å²) in [4.78, 5) is 21.2. The van der Waals surface area contributed by atoms with Crippen molar-refractivity contribution in [1.82, 2.24) is 15.3 Å². The molecule has 12 heteroatoms. The monoisotopic (exact) mass is 519 g/mol. The summed E-state index contributed by atoms with van der Waals surface area (Å²) in [5.74, 6) is -0.648. The maximum atomic E-state index is 13.0. The average Bonchev–Trinajstić information content (AvgIpc) is 2.77. The van der Waals surface area contributed by atoms with Crippen molar-refractivity contribution >= 4 is 29.3 Å². The molecule has 0 bridgehead atoms. The second-order valence-electron chi connectivity index (χ2n) is 7.02. The van der Waals surface area contributed by atoms with Crippen LogP contribution in [0.5, 0.6) is 0 Å². The molecule has 3 aromatic rings. The van der Waals surface area contributed by atoms with Crippen LogP contribution in [0.3, 0.4) is 0 Å². The van der Waals surface area contributed by atoms with Crippen LogP contribution >= 0.6 is 23.4 Å². The number of nitrogens with zero attached hydrogens (tertiary/aromatic N) is 2. The molecular formula is C22H16ClF6N3OS. The van der Waals surface area contributed by atoms with Crippen molar-refractivity contribution in [3.63, 3.8) is 0 Å². The van der Waals surface area contributed by atoms with Gasteiger partial charge in [0.1, 0.15) is 0 Å². The van der Waals surface area contributed by atoms with E-state index in [4.69, 9.17) is 11.6 Å². The molecule has 1 N–H and O–H groups in total. The van der Waals surface area contributed by atoms with Crippen molar-refractivity contribution in [3.05, 3.63) is 75.9 Å². The number of amides is 1. The van der Waals surface area contributed by atoms with Crippen molar-refractivity contribution < 1.29 is 31.1 Å². The second kappa shape index (κ2) is 10.2. The van der Waals surface area contributed by atoms with E-state index in [0.717, 1.165) is 0 Å². The van der Waals surface area contributed by atoms with Gasteiger partial charge in [0, 0.05) is 23.3 Å². The molecule has 1 heterocycles. The van der Waals surface area contributed by atoms with Crippen LogP contribution in [0.2, 0.25) is 5.02 Å². The van der Waals surface area contributed by atoms with E-state index in [1.54, 1.807) is 30.5 Å². The fourth-order valence-electron chi connectivity index (χ4n) is 3.07. The number of alkyl halides is 6. The maximum absolute atomic E-state index is 13.0. The molecule has 3 rings (SSSR count). The van der Waals surface area contributed by atoms with Crippen molar-refractivity contribution in [2.75, 3.05) is 12.8 Å². The lowest BCUT2D eigenvalue weighted by Gasteiger charge is -2.15. The van der Waals surface area contributed by atoms with Crippen LogP contribution in [-0.4, -0.2) is 28.7 Å². The molecular weight excluding hydrogens is 504 g/mol. The van der Waals surface area contributed by atoms with Crippen LogP contribution in [0.1, 0.15) is 27.0 Å². The number of halogens is 7. The minimum absolute atomic E-state index is 0.0581. The van der Waals surface area contributed by atoms with Crippen LogP contribution in [0, 0.1) is 0 Å². The summed E-state index contributed by atoms with van der Waals surface area (Å²) in [6.07, 6.45) is -7.11. The van der Waals surface area contributed by atoms with Gasteiger partial charge in [0.25, 0.3) is 5.91 Å². The molecule has 0 radical (unpaired) electrons.